The lowest BCUT2D eigenvalue weighted by Gasteiger charge is -2.28. The highest BCUT2D eigenvalue weighted by Gasteiger charge is 2.37. The fraction of sp³-hybridized carbons (Fsp3) is 0.667. The van der Waals surface area contributed by atoms with Crippen LogP contribution in [0.25, 0.3) is 0 Å². The first-order valence-electron chi connectivity index (χ1n) is 10.4. The number of nitrogens with zero attached hydrogens (tertiary/aromatic N) is 4. The number of carbonyl (C=O) groups excluding carboxylic acids is 2. The third-order valence-corrected chi connectivity index (χ3v) is 6.34. The number of aromatic nitrogens is 1. The molecule has 0 N–H and O–H groups in total. The zero-order valence-electron chi connectivity index (χ0n) is 16.1. The largest absolute Gasteiger partial charge is 0.341 e. The molecule has 1 aromatic rings. The summed E-state index contributed by atoms with van der Waals surface area (Å²) in [7, 11) is 0. The fourth-order valence-corrected chi connectivity index (χ4v) is 4.85. The van der Waals surface area contributed by atoms with Crippen molar-refractivity contribution in [3.05, 3.63) is 30.1 Å². The van der Waals surface area contributed by atoms with Crippen LogP contribution in [0.1, 0.15) is 44.1 Å². The Morgan fingerprint density at radius 2 is 1.96 bits per heavy atom. The predicted molar refractivity (Wildman–Crippen MR) is 103 cm³/mol. The second-order valence-corrected chi connectivity index (χ2v) is 8.19. The third kappa shape index (κ3) is 4.32. The number of likely N-dealkylation sites (tertiary alicyclic amines) is 1. The lowest BCUT2D eigenvalue weighted by Crippen LogP contribution is -2.41. The van der Waals surface area contributed by atoms with Gasteiger partial charge in [0.25, 0.3) is 0 Å². The minimum Gasteiger partial charge on any atom is -0.341 e. The average Bonchev–Trinajstić information content (AvgIpc) is 3.27. The molecule has 2 amide bonds. The second kappa shape index (κ2) is 8.38. The van der Waals surface area contributed by atoms with Crippen molar-refractivity contribution in [2.24, 2.45) is 5.92 Å². The highest BCUT2D eigenvalue weighted by Crippen LogP contribution is 2.26. The van der Waals surface area contributed by atoms with Gasteiger partial charge in [0.2, 0.25) is 11.8 Å². The van der Waals surface area contributed by atoms with Gasteiger partial charge in [-0.1, -0.05) is 18.9 Å². The monoisotopic (exact) mass is 370 g/mol. The summed E-state index contributed by atoms with van der Waals surface area (Å²) >= 11 is 0. The molecule has 1 saturated carbocycles. The molecule has 6 nitrogen and oxygen atoms in total. The van der Waals surface area contributed by atoms with Gasteiger partial charge < -0.3 is 9.80 Å². The molecule has 1 aliphatic carbocycles. The molecule has 27 heavy (non-hydrogen) atoms. The first-order chi connectivity index (χ1) is 13.2. The maximum absolute atomic E-state index is 13.0. The van der Waals surface area contributed by atoms with E-state index < -0.39 is 0 Å². The predicted octanol–water partition coefficient (Wildman–Crippen LogP) is 1.91. The molecule has 2 aliphatic heterocycles. The van der Waals surface area contributed by atoms with Gasteiger partial charge in [-0.2, -0.15) is 0 Å². The third-order valence-electron chi connectivity index (χ3n) is 6.34. The Balaban J connectivity index is 1.32. The molecule has 4 rings (SSSR count). The lowest BCUT2D eigenvalue weighted by molar-refractivity contribution is -0.135. The molecule has 6 heteroatoms. The minimum absolute atomic E-state index is 0.0830. The SMILES string of the molecule is O=C1CC(C(=O)N2CCCN(C3CCCC3)CC2)CN1Cc1cccnc1. The standard InChI is InChI=1S/C21H30N4O2/c26-20-13-18(16-25(20)15-17-5-3-8-22-14-17)21(27)24-10-4-9-23(11-12-24)19-6-1-2-7-19/h3,5,8,14,18-19H,1-2,4,6-7,9-13,15-16H2. The summed E-state index contributed by atoms with van der Waals surface area (Å²) in [6.07, 6.45) is 10.2. The summed E-state index contributed by atoms with van der Waals surface area (Å²) in [5, 5.41) is 0. The van der Waals surface area contributed by atoms with Crippen LogP contribution < -0.4 is 0 Å². The molecule has 0 spiro atoms. The van der Waals surface area contributed by atoms with E-state index in [0.29, 0.717) is 19.5 Å². The summed E-state index contributed by atoms with van der Waals surface area (Å²) in [4.78, 5) is 36.0. The van der Waals surface area contributed by atoms with Crippen molar-refractivity contribution in [3.63, 3.8) is 0 Å². The molecule has 3 fully saturated rings. The van der Waals surface area contributed by atoms with E-state index in [2.05, 4.69) is 9.88 Å². The molecule has 1 unspecified atom stereocenters. The number of carbonyl (C=O) groups is 2. The number of rotatable bonds is 4. The molecule has 1 aromatic heterocycles. The highest BCUT2D eigenvalue weighted by atomic mass is 16.2. The fourth-order valence-electron chi connectivity index (χ4n) is 4.85. The molecule has 0 bridgehead atoms. The van der Waals surface area contributed by atoms with Crippen LogP contribution in [0.5, 0.6) is 0 Å². The molecule has 3 heterocycles. The highest BCUT2D eigenvalue weighted by molar-refractivity contribution is 5.89. The Kier molecular flexibility index (Phi) is 5.72. The van der Waals surface area contributed by atoms with E-state index >= 15 is 0 Å². The summed E-state index contributed by atoms with van der Waals surface area (Å²) in [5.74, 6) is 0.0668. The average molecular weight is 370 g/mol. The van der Waals surface area contributed by atoms with Gasteiger partial charge in [-0.05, 0) is 30.9 Å². The van der Waals surface area contributed by atoms with Crippen molar-refractivity contribution in [1.29, 1.82) is 0 Å². The number of pyridine rings is 1. The maximum atomic E-state index is 13.0. The molecule has 0 radical (unpaired) electrons. The first kappa shape index (κ1) is 18.4. The smallest absolute Gasteiger partial charge is 0.228 e. The van der Waals surface area contributed by atoms with Crippen LogP contribution in [0.2, 0.25) is 0 Å². The van der Waals surface area contributed by atoms with E-state index in [-0.39, 0.29) is 17.7 Å². The summed E-state index contributed by atoms with van der Waals surface area (Å²) in [5.41, 5.74) is 1.01. The van der Waals surface area contributed by atoms with Crippen LogP contribution >= 0.6 is 0 Å². The van der Waals surface area contributed by atoms with Gasteiger partial charge in [-0.3, -0.25) is 19.5 Å². The normalized spacial score (nSPS) is 25.2. The van der Waals surface area contributed by atoms with Gasteiger partial charge >= 0.3 is 0 Å². The van der Waals surface area contributed by atoms with Crippen LogP contribution in [0.3, 0.4) is 0 Å². The molecular weight excluding hydrogens is 340 g/mol. The number of hydrogen-bond donors (Lipinski definition) is 0. The Bertz CT molecular complexity index is 659. The van der Waals surface area contributed by atoms with Gasteiger partial charge in [0, 0.05) is 64.1 Å². The van der Waals surface area contributed by atoms with Crippen molar-refractivity contribution < 1.29 is 9.59 Å². The molecule has 3 aliphatic rings. The van der Waals surface area contributed by atoms with E-state index in [1.54, 1.807) is 12.4 Å². The second-order valence-electron chi connectivity index (χ2n) is 8.19. The van der Waals surface area contributed by atoms with Gasteiger partial charge in [0.05, 0.1) is 5.92 Å². The van der Waals surface area contributed by atoms with Crippen molar-refractivity contribution in [1.82, 2.24) is 19.7 Å². The summed E-state index contributed by atoms with van der Waals surface area (Å²) < 4.78 is 0. The minimum atomic E-state index is -0.188. The zero-order valence-corrected chi connectivity index (χ0v) is 16.1. The van der Waals surface area contributed by atoms with E-state index in [9.17, 15) is 9.59 Å². The van der Waals surface area contributed by atoms with Crippen LogP contribution in [0, 0.1) is 5.92 Å². The Morgan fingerprint density at radius 3 is 2.74 bits per heavy atom. The topological polar surface area (TPSA) is 56.8 Å². The van der Waals surface area contributed by atoms with E-state index in [0.717, 1.165) is 44.2 Å². The number of amides is 2. The van der Waals surface area contributed by atoms with Crippen molar-refractivity contribution >= 4 is 11.8 Å². The summed E-state index contributed by atoms with van der Waals surface area (Å²) in [6.45, 7) is 4.81. The van der Waals surface area contributed by atoms with E-state index in [1.165, 1.54) is 25.7 Å². The van der Waals surface area contributed by atoms with Crippen molar-refractivity contribution in [3.8, 4) is 0 Å². The first-order valence-corrected chi connectivity index (χ1v) is 10.4. The molecule has 146 valence electrons. The van der Waals surface area contributed by atoms with E-state index in [4.69, 9.17) is 0 Å². The Labute approximate surface area is 161 Å². The molecule has 1 atom stereocenters. The van der Waals surface area contributed by atoms with Crippen LogP contribution in [-0.2, 0) is 16.1 Å². The van der Waals surface area contributed by atoms with Crippen molar-refractivity contribution in [2.75, 3.05) is 32.7 Å². The van der Waals surface area contributed by atoms with Gasteiger partial charge in [0.1, 0.15) is 0 Å². The quantitative estimate of drug-likeness (QED) is 0.812. The lowest BCUT2D eigenvalue weighted by atomic mass is 10.1. The van der Waals surface area contributed by atoms with Crippen molar-refractivity contribution in [2.45, 2.75) is 51.1 Å². The van der Waals surface area contributed by atoms with E-state index in [1.807, 2.05) is 21.9 Å². The Hall–Kier alpha value is -1.95. The summed E-state index contributed by atoms with van der Waals surface area (Å²) in [6, 6.07) is 4.58. The van der Waals surface area contributed by atoms with Gasteiger partial charge in [-0.15, -0.1) is 0 Å². The maximum Gasteiger partial charge on any atom is 0.228 e. The van der Waals surface area contributed by atoms with Crippen LogP contribution in [0.15, 0.2) is 24.5 Å². The molecule has 2 saturated heterocycles. The zero-order chi connectivity index (χ0) is 18.6. The molecule has 0 aromatic carbocycles. The Morgan fingerprint density at radius 1 is 1.11 bits per heavy atom. The number of hydrogen-bond acceptors (Lipinski definition) is 4. The van der Waals surface area contributed by atoms with Gasteiger partial charge in [-0.25, -0.2) is 0 Å². The van der Waals surface area contributed by atoms with Crippen LogP contribution in [-0.4, -0.2) is 70.3 Å². The van der Waals surface area contributed by atoms with Crippen LogP contribution in [0.4, 0.5) is 0 Å². The molecular formula is C21H30N4O2. The van der Waals surface area contributed by atoms with Gasteiger partial charge in [0.15, 0.2) is 0 Å².